The van der Waals surface area contributed by atoms with Gasteiger partial charge in [-0.1, -0.05) is 87.4 Å². The molecule has 74 heavy (non-hydrogen) atoms. The first-order valence-corrected chi connectivity index (χ1v) is 25.2. The van der Waals surface area contributed by atoms with E-state index in [9.17, 15) is 38.4 Å². The van der Waals surface area contributed by atoms with Crippen molar-refractivity contribution in [2.24, 2.45) is 0 Å². The Kier molecular flexibility index (Phi) is 18.9. The fourth-order valence-electron chi connectivity index (χ4n) is 8.95. The van der Waals surface area contributed by atoms with Gasteiger partial charge in [0.15, 0.2) is 0 Å². The van der Waals surface area contributed by atoms with Gasteiger partial charge in [-0.25, -0.2) is 14.5 Å². The topological polar surface area (TPSA) is 204 Å². The summed E-state index contributed by atoms with van der Waals surface area (Å²) in [6.45, 7) is 24.3. The van der Waals surface area contributed by atoms with E-state index < -0.39 is 69.5 Å². The van der Waals surface area contributed by atoms with Crippen molar-refractivity contribution in [1.82, 2.24) is 10.2 Å². The normalized spacial score (nSPS) is 15.1. The minimum absolute atomic E-state index is 0.00376. The summed E-state index contributed by atoms with van der Waals surface area (Å²) in [7, 11) is 0. The number of Topliss-reactive ketones (excluding diaryl/α,β-unsaturated/α-hetero) is 2. The number of hydrogen-bond donors (Lipinski definition) is 2. The van der Waals surface area contributed by atoms with E-state index in [0.717, 1.165) is 35.5 Å². The lowest BCUT2D eigenvalue weighted by Gasteiger charge is -2.28. The van der Waals surface area contributed by atoms with Gasteiger partial charge in [0.25, 0.3) is 17.5 Å². The second-order valence-electron chi connectivity index (χ2n) is 20.8. The Labute approximate surface area is 434 Å². The van der Waals surface area contributed by atoms with Gasteiger partial charge in [0.2, 0.25) is 0 Å². The zero-order valence-corrected chi connectivity index (χ0v) is 44.9. The molecule has 4 amide bonds. The fourth-order valence-corrected chi connectivity index (χ4v) is 8.95. The van der Waals surface area contributed by atoms with Gasteiger partial charge in [0, 0.05) is 26.2 Å². The van der Waals surface area contributed by atoms with Gasteiger partial charge in [-0.05, 0) is 140 Å². The van der Waals surface area contributed by atoms with E-state index in [2.05, 4.69) is 34.9 Å². The molecule has 396 valence electrons. The molecule has 0 spiro atoms. The Bertz CT molecular complexity index is 2720. The van der Waals surface area contributed by atoms with Crippen molar-refractivity contribution in [2.45, 2.75) is 157 Å². The summed E-state index contributed by atoms with van der Waals surface area (Å²) in [5.41, 5.74) is 2.81. The van der Waals surface area contributed by atoms with Crippen LogP contribution in [0.3, 0.4) is 0 Å². The SMILES string of the molecule is CCCC(C)(C(=O)OCC)c1ccc(NC(=O)OC(C)(C)C)c(C(=O)C(=O)N2Cc3ccccc3C2)c1.CCCC(C)(C(=O)OCC)c1ccc2c(c1)C(=O)C(=O)N2C(=O)OC(C)(C)C.c1ccc2c(c1)CNC2. The Hall–Kier alpha value is -7.20. The molecule has 3 heterocycles. The van der Waals surface area contributed by atoms with Crippen LogP contribution in [0.15, 0.2) is 84.9 Å². The Morgan fingerprint density at radius 1 is 0.608 bits per heavy atom. The van der Waals surface area contributed by atoms with Gasteiger partial charge in [-0.2, -0.15) is 0 Å². The summed E-state index contributed by atoms with van der Waals surface area (Å²) in [5, 5.41) is 5.89. The predicted octanol–water partition coefficient (Wildman–Crippen LogP) is 10.4. The van der Waals surface area contributed by atoms with E-state index in [0.29, 0.717) is 43.5 Å². The lowest BCUT2D eigenvalue weighted by molar-refractivity contribution is -0.150. The maximum absolute atomic E-state index is 13.6. The summed E-state index contributed by atoms with van der Waals surface area (Å²) in [4.78, 5) is 105. The van der Waals surface area contributed by atoms with Crippen LogP contribution in [0, 0.1) is 0 Å². The number of ketones is 2. The van der Waals surface area contributed by atoms with Crippen molar-refractivity contribution in [3.8, 4) is 0 Å². The van der Waals surface area contributed by atoms with Crippen LogP contribution in [0.5, 0.6) is 0 Å². The Balaban J connectivity index is 0.000000239. The van der Waals surface area contributed by atoms with E-state index in [4.69, 9.17) is 18.9 Å². The zero-order valence-electron chi connectivity index (χ0n) is 44.9. The molecule has 2 unspecified atom stereocenters. The highest BCUT2D eigenvalue weighted by atomic mass is 16.6. The lowest BCUT2D eigenvalue weighted by Crippen LogP contribution is -2.40. The van der Waals surface area contributed by atoms with Crippen molar-refractivity contribution in [2.75, 3.05) is 23.4 Å². The maximum atomic E-state index is 13.6. The first-order valence-electron chi connectivity index (χ1n) is 25.2. The molecule has 3 aliphatic heterocycles. The van der Waals surface area contributed by atoms with Crippen LogP contribution in [0.1, 0.15) is 163 Å². The largest absolute Gasteiger partial charge is 0.465 e. The van der Waals surface area contributed by atoms with E-state index in [1.165, 1.54) is 40.3 Å². The molecule has 0 fully saturated rings. The van der Waals surface area contributed by atoms with Gasteiger partial charge in [-0.15, -0.1) is 0 Å². The molecular weight excluding hydrogens is 945 g/mol. The van der Waals surface area contributed by atoms with Crippen LogP contribution in [0.2, 0.25) is 0 Å². The van der Waals surface area contributed by atoms with E-state index in [-0.39, 0.29) is 35.7 Å². The van der Waals surface area contributed by atoms with Gasteiger partial charge in [0.05, 0.1) is 46.5 Å². The number of anilines is 2. The Morgan fingerprint density at radius 3 is 1.55 bits per heavy atom. The van der Waals surface area contributed by atoms with Crippen LogP contribution < -0.4 is 15.5 Å². The average Bonchev–Trinajstić information content (AvgIpc) is 4.07. The molecule has 16 heteroatoms. The van der Waals surface area contributed by atoms with Gasteiger partial charge in [-0.3, -0.25) is 34.1 Å². The first kappa shape index (κ1) is 57.7. The lowest BCUT2D eigenvalue weighted by atomic mass is 9.77. The number of nitrogens with zero attached hydrogens (tertiary/aromatic N) is 2. The van der Waals surface area contributed by atoms with Crippen LogP contribution in [-0.4, -0.2) is 76.8 Å². The molecule has 16 nitrogen and oxygen atoms in total. The highest BCUT2D eigenvalue weighted by Gasteiger charge is 2.45. The molecule has 0 aromatic heterocycles. The zero-order chi connectivity index (χ0) is 54.8. The molecule has 0 aliphatic carbocycles. The molecule has 4 aromatic carbocycles. The minimum atomic E-state index is -1.03. The third kappa shape index (κ3) is 13.7. The maximum Gasteiger partial charge on any atom is 0.422 e. The molecule has 0 saturated heterocycles. The standard InChI is InChI=1S/C29H36N2O6.C21H27NO6.C8H9N/c1-7-15-29(6,26(34)36-8-2)21-13-14-23(30-27(35)37-28(3,4)5)22(16-21)24(32)25(33)31-17-19-11-9-10-12-20(19)18-31;1-7-11-21(6,18(25)27-8-2)13-9-10-15-14(12-13)16(23)17(24)22(15)19(26)28-20(3,4)5;1-2-4-8-6-9-5-7(8)3-1/h9-14,16H,7-8,15,17-18H2,1-6H3,(H,30,35);9-10,12H,7-8,11H2,1-6H3;1-4,9H,5-6H2. The molecule has 0 bridgehead atoms. The molecule has 2 atom stereocenters. The van der Waals surface area contributed by atoms with Crippen molar-refractivity contribution >= 4 is 58.9 Å². The van der Waals surface area contributed by atoms with Crippen molar-refractivity contribution in [3.05, 3.63) is 129 Å². The fraction of sp³-hybridized carbons (Fsp3) is 0.448. The van der Waals surface area contributed by atoms with E-state index in [1.807, 2.05) is 38.1 Å². The number of ether oxygens (including phenoxy) is 4. The predicted molar refractivity (Wildman–Crippen MR) is 281 cm³/mol. The summed E-state index contributed by atoms with van der Waals surface area (Å²) >= 11 is 0. The average molecular weight is 1020 g/mol. The summed E-state index contributed by atoms with van der Waals surface area (Å²) < 4.78 is 21.2. The van der Waals surface area contributed by atoms with Crippen LogP contribution in [0.4, 0.5) is 21.0 Å². The summed E-state index contributed by atoms with van der Waals surface area (Å²) in [5.74, 6) is -4.03. The van der Waals surface area contributed by atoms with Crippen molar-refractivity contribution < 1.29 is 57.3 Å². The van der Waals surface area contributed by atoms with Gasteiger partial charge < -0.3 is 29.2 Å². The third-order valence-corrected chi connectivity index (χ3v) is 12.7. The Morgan fingerprint density at radius 2 is 1.08 bits per heavy atom. The monoisotopic (exact) mass is 1020 g/mol. The number of nitrogens with one attached hydrogen (secondary N) is 2. The number of carbonyl (C=O) groups is 8. The van der Waals surface area contributed by atoms with Crippen LogP contribution in [0.25, 0.3) is 0 Å². The second-order valence-corrected chi connectivity index (χ2v) is 20.8. The van der Waals surface area contributed by atoms with Crippen molar-refractivity contribution in [3.63, 3.8) is 0 Å². The molecule has 4 aromatic rings. The number of rotatable bonds is 13. The molecule has 2 N–H and O–H groups in total. The van der Waals surface area contributed by atoms with E-state index >= 15 is 0 Å². The number of fused-ring (bicyclic) bond motifs is 3. The number of benzene rings is 4. The van der Waals surface area contributed by atoms with Crippen LogP contribution in [-0.2, 0) is 75.1 Å². The molecule has 3 aliphatic rings. The summed E-state index contributed by atoms with van der Waals surface area (Å²) in [6.07, 6.45) is 0.761. The highest BCUT2D eigenvalue weighted by Crippen LogP contribution is 2.38. The third-order valence-electron chi connectivity index (χ3n) is 12.7. The molecule has 0 saturated carbocycles. The molecule has 0 radical (unpaired) electrons. The molecular formula is C58H72N4O12. The van der Waals surface area contributed by atoms with Gasteiger partial charge in [0.1, 0.15) is 11.2 Å². The smallest absolute Gasteiger partial charge is 0.422 e. The minimum Gasteiger partial charge on any atom is -0.465 e. The van der Waals surface area contributed by atoms with Crippen LogP contribution >= 0.6 is 0 Å². The number of hydrogen-bond acceptors (Lipinski definition) is 13. The molecule has 7 rings (SSSR count). The summed E-state index contributed by atoms with van der Waals surface area (Å²) in [6, 6.07) is 25.6. The number of amides is 4. The number of esters is 2. The van der Waals surface area contributed by atoms with E-state index in [1.54, 1.807) is 81.4 Å². The first-order chi connectivity index (χ1) is 34.8. The quantitative estimate of drug-likeness (QED) is 0.0554. The van der Waals surface area contributed by atoms with Gasteiger partial charge >= 0.3 is 30.0 Å². The number of carbonyl (C=O) groups excluding carboxylic acids is 8. The van der Waals surface area contributed by atoms with Crippen molar-refractivity contribution in [1.29, 1.82) is 0 Å². The number of imide groups is 1. The second kappa shape index (κ2) is 24.2. The highest BCUT2D eigenvalue weighted by molar-refractivity contribution is 6.56.